The first kappa shape index (κ1) is 14.1. The van der Waals surface area contributed by atoms with Crippen molar-refractivity contribution in [3.63, 3.8) is 0 Å². The Labute approximate surface area is 117 Å². The maximum atomic E-state index is 11.1. The van der Waals surface area contributed by atoms with Crippen LogP contribution in [0.4, 0.5) is 11.5 Å². The standard InChI is InChI=1S/C13H19N3O2S/c1-9-6-12(16(17)18)13(14-8-9)15-10-4-3-5-11(7-10)19-2/h6,8,10-11H,3-5,7H2,1-2H3,(H,14,15). The van der Waals surface area contributed by atoms with E-state index in [1.54, 1.807) is 12.3 Å². The highest BCUT2D eigenvalue weighted by molar-refractivity contribution is 7.99. The normalized spacial score (nSPS) is 23.1. The predicted molar refractivity (Wildman–Crippen MR) is 78.8 cm³/mol. The molecular weight excluding hydrogens is 262 g/mol. The molecule has 0 bridgehead atoms. The molecule has 0 spiro atoms. The van der Waals surface area contributed by atoms with Crippen molar-refractivity contribution in [1.82, 2.24) is 4.98 Å². The van der Waals surface area contributed by atoms with Crippen molar-refractivity contribution in [2.24, 2.45) is 0 Å². The van der Waals surface area contributed by atoms with Crippen LogP contribution in [0.25, 0.3) is 0 Å². The minimum Gasteiger partial charge on any atom is -0.362 e. The SMILES string of the molecule is CSC1CCCC(Nc2ncc(C)cc2[N+](=O)[O-])C1. The zero-order valence-electron chi connectivity index (χ0n) is 11.3. The lowest BCUT2D eigenvalue weighted by atomic mass is 9.95. The number of anilines is 1. The fourth-order valence-corrected chi connectivity index (χ4v) is 3.31. The number of pyridine rings is 1. The molecule has 2 unspecified atom stereocenters. The van der Waals surface area contributed by atoms with Gasteiger partial charge in [-0.1, -0.05) is 6.42 Å². The van der Waals surface area contributed by atoms with Crippen molar-refractivity contribution < 1.29 is 4.92 Å². The number of nitro groups is 1. The van der Waals surface area contributed by atoms with Crippen LogP contribution in [0.3, 0.4) is 0 Å². The number of nitrogens with one attached hydrogen (secondary N) is 1. The summed E-state index contributed by atoms with van der Waals surface area (Å²) in [6, 6.07) is 1.87. The van der Waals surface area contributed by atoms with Gasteiger partial charge in [0.05, 0.1) is 4.92 Å². The Morgan fingerprint density at radius 2 is 2.32 bits per heavy atom. The smallest absolute Gasteiger partial charge is 0.311 e. The first-order valence-electron chi connectivity index (χ1n) is 6.50. The van der Waals surface area contributed by atoms with Crippen molar-refractivity contribution >= 4 is 23.3 Å². The third kappa shape index (κ3) is 3.59. The highest BCUT2D eigenvalue weighted by atomic mass is 32.2. The van der Waals surface area contributed by atoms with E-state index in [1.165, 1.54) is 12.8 Å². The van der Waals surface area contributed by atoms with Gasteiger partial charge in [0.25, 0.3) is 0 Å². The Morgan fingerprint density at radius 1 is 1.53 bits per heavy atom. The fraction of sp³-hybridized carbons (Fsp3) is 0.615. The van der Waals surface area contributed by atoms with E-state index in [1.807, 2.05) is 18.7 Å². The van der Waals surface area contributed by atoms with Crippen LogP contribution in [0.1, 0.15) is 31.2 Å². The second-order valence-electron chi connectivity index (χ2n) is 5.00. The van der Waals surface area contributed by atoms with Crippen LogP contribution < -0.4 is 5.32 Å². The van der Waals surface area contributed by atoms with Gasteiger partial charge in [-0.15, -0.1) is 0 Å². The number of thioether (sulfide) groups is 1. The van der Waals surface area contributed by atoms with Gasteiger partial charge in [-0.05, 0) is 38.0 Å². The summed E-state index contributed by atoms with van der Waals surface area (Å²) in [5.74, 6) is 0.405. The molecule has 0 radical (unpaired) electrons. The van der Waals surface area contributed by atoms with Crippen LogP contribution in [0, 0.1) is 17.0 Å². The average Bonchev–Trinajstić information content (AvgIpc) is 2.41. The molecule has 2 rings (SSSR count). The van der Waals surface area contributed by atoms with Gasteiger partial charge < -0.3 is 5.32 Å². The van der Waals surface area contributed by atoms with Gasteiger partial charge in [-0.2, -0.15) is 11.8 Å². The van der Waals surface area contributed by atoms with Crippen molar-refractivity contribution in [2.75, 3.05) is 11.6 Å². The summed E-state index contributed by atoms with van der Waals surface area (Å²) in [7, 11) is 0. The van der Waals surface area contributed by atoms with E-state index in [2.05, 4.69) is 16.6 Å². The Hall–Kier alpha value is -1.30. The highest BCUT2D eigenvalue weighted by Gasteiger charge is 2.24. The van der Waals surface area contributed by atoms with E-state index in [4.69, 9.17) is 0 Å². The largest absolute Gasteiger partial charge is 0.362 e. The number of hydrogen-bond donors (Lipinski definition) is 1. The second-order valence-corrected chi connectivity index (χ2v) is 6.14. The molecule has 6 heteroatoms. The molecule has 104 valence electrons. The van der Waals surface area contributed by atoms with E-state index in [0.29, 0.717) is 17.1 Å². The van der Waals surface area contributed by atoms with Crippen LogP contribution in [0.2, 0.25) is 0 Å². The summed E-state index contributed by atoms with van der Waals surface area (Å²) in [6.07, 6.45) is 8.31. The van der Waals surface area contributed by atoms with Gasteiger partial charge in [-0.3, -0.25) is 10.1 Å². The van der Waals surface area contributed by atoms with Crippen LogP contribution in [0.5, 0.6) is 0 Å². The lowest BCUT2D eigenvalue weighted by molar-refractivity contribution is -0.384. The van der Waals surface area contributed by atoms with E-state index in [0.717, 1.165) is 18.4 Å². The van der Waals surface area contributed by atoms with E-state index in [9.17, 15) is 10.1 Å². The predicted octanol–water partition coefficient (Wildman–Crippen LogP) is 3.38. The number of rotatable bonds is 4. The zero-order valence-corrected chi connectivity index (χ0v) is 12.1. The maximum Gasteiger partial charge on any atom is 0.311 e. The summed E-state index contributed by atoms with van der Waals surface area (Å²) in [6.45, 7) is 1.81. The fourth-order valence-electron chi connectivity index (χ4n) is 2.49. The molecule has 5 nitrogen and oxygen atoms in total. The Morgan fingerprint density at radius 3 is 3.00 bits per heavy atom. The second kappa shape index (κ2) is 6.23. The zero-order chi connectivity index (χ0) is 13.8. The summed E-state index contributed by atoms with van der Waals surface area (Å²) >= 11 is 1.88. The molecule has 1 saturated carbocycles. The molecule has 0 aromatic carbocycles. The van der Waals surface area contributed by atoms with Gasteiger partial charge in [0.15, 0.2) is 0 Å². The summed E-state index contributed by atoms with van der Waals surface area (Å²) < 4.78 is 0. The molecule has 19 heavy (non-hydrogen) atoms. The van der Waals surface area contributed by atoms with Gasteiger partial charge in [-0.25, -0.2) is 4.98 Å². The van der Waals surface area contributed by atoms with Gasteiger partial charge >= 0.3 is 5.69 Å². The molecule has 0 saturated heterocycles. The minimum absolute atomic E-state index is 0.0753. The minimum atomic E-state index is -0.364. The summed E-state index contributed by atoms with van der Waals surface area (Å²) in [5, 5.41) is 15.0. The van der Waals surface area contributed by atoms with Crippen molar-refractivity contribution in [3.05, 3.63) is 27.9 Å². The first-order valence-corrected chi connectivity index (χ1v) is 7.79. The monoisotopic (exact) mass is 281 g/mol. The van der Waals surface area contributed by atoms with Gasteiger partial charge in [0.1, 0.15) is 0 Å². The third-order valence-electron chi connectivity index (χ3n) is 3.50. The Balaban J connectivity index is 2.12. The number of nitrogens with zero attached hydrogens (tertiary/aromatic N) is 2. The molecule has 1 fully saturated rings. The summed E-state index contributed by atoms with van der Waals surface area (Å²) in [5.41, 5.74) is 0.883. The topological polar surface area (TPSA) is 68.1 Å². The van der Waals surface area contributed by atoms with Crippen molar-refractivity contribution in [3.8, 4) is 0 Å². The molecular formula is C13H19N3O2S. The lowest BCUT2D eigenvalue weighted by Crippen LogP contribution is -2.29. The van der Waals surface area contributed by atoms with E-state index in [-0.39, 0.29) is 10.6 Å². The molecule has 1 aromatic heterocycles. The number of aromatic nitrogens is 1. The quantitative estimate of drug-likeness (QED) is 0.677. The van der Waals surface area contributed by atoms with Crippen molar-refractivity contribution in [1.29, 1.82) is 0 Å². The molecule has 2 atom stereocenters. The lowest BCUT2D eigenvalue weighted by Gasteiger charge is -2.28. The molecule has 0 amide bonds. The maximum absolute atomic E-state index is 11.1. The van der Waals surface area contributed by atoms with Crippen LogP contribution in [0.15, 0.2) is 12.3 Å². The van der Waals surface area contributed by atoms with Gasteiger partial charge in [0.2, 0.25) is 5.82 Å². The molecule has 1 aliphatic carbocycles. The van der Waals surface area contributed by atoms with Gasteiger partial charge in [0, 0.05) is 23.6 Å². The Bertz CT molecular complexity index is 467. The molecule has 1 N–H and O–H groups in total. The number of aryl methyl sites for hydroxylation is 1. The van der Waals surface area contributed by atoms with Crippen molar-refractivity contribution in [2.45, 2.75) is 43.9 Å². The number of hydrogen-bond acceptors (Lipinski definition) is 5. The third-order valence-corrected chi connectivity index (χ3v) is 4.60. The van der Waals surface area contributed by atoms with Crippen LogP contribution >= 0.6 is 11.8 Å². The van der Waals surface area contributed by atoms with Crippen LogP contribution in [-0.4, -0.2) is 27.5 Å². The molecule has 0 aliphatic heterocycles. The first-order chi connectivity index (χ1) is 9.10. The molecule has 1 aromatic rings. The Kier molecular flexibility index (Phi) is 4.63. The average molecular weight is 281 g/mol. The molecule has 1 heterocycles. The van der Waals surface area contributed by atoms with E-state index >= 15 is 0 Å². The summed E-state index contributed by atoms with van der Waals surface area (Å²) in [4.78, 5) is 14.9. The van der Waals surface area contributed by atoms with E-state index < -0.39 is 0 Å². The highest BCUT2D eigenvalue weighted by Crippen LogP contribution is 2.30. The van der Waals surface area contributed by atoms with Crippen LogP contribution in [-0.2, 0) is 0 Å². The molecule has 1 aliphatic rings.